The largest absolute Gasteiger partial charge is 0.490 e. The Hall–Kier alpha value is -2.64. The first-order valence-corrected chi connectivity index (χ1v) is 7.12. The Morgan fingerprint density at radius 2 is 2.13 bits per heavy atom. The molecule has 0 radical (unpaired) electrons. The van der Waals surface area contributed by atoms with Gasteiger partial charge in [-0.3, -0.25) is 14.9 Å². The fraction of sp³-hybridized carbons (Fsp3) is 0.467. The Labute approximate surface area is 133 Å². The van der Waals surface area contributed by atoms with Gasteiger partial charge in [-0.15, -0.1) is 0 Å². The average Bonchev–Trinajstić information content (AvgIpc) is 2.94. The van der Waals surface area contributed by atoms with Crippen molar-refractivity contribution in [1.29, 1.82) is 0 Å². The van der Waals surface area contributed by atoms with E-state index in [4.69, 9.17) is 9.47 Å². The second-order valence-electron chi connectivity index (χ2n) is 5.24. The summed E-state index contributed by atoms with van der Waals surface area (Å²) in [5.41, 5.74) is 0.375. The Morgan fingerprint density at radius 1 is 1.43 bits per heavy atom. The van der Waals surface area contributed by atoms with Gasteiger partial charge >= 0.3 is 11.7 Å². The van der Waals surface area contributed by atoms with Crippen LogP contribution in [0.4, 0.5) is 5.69 Å². The number of carbonyl (C=O) groups excluding carboxylic acids is 2. The summed E-state index contributed by atoms with van der Waals surface area (Å²) in [6.45, 7) is 1.73. The number of nitrogens with zero attached hydrogens (tertiary/aromatic N) is 2. The average molecular weight is 322 g/mol. The molecule has 1 aliphatic rings. The molecule has 0 aromatic heterocycles. The minimum Gasteiger partial charge on any atom is -0.490 e. The first-order valence-electron chi connectivity index (χ1n) is 7.12. The zero-order chi connectivity index (χ0) is 17.1. The summed E-state index contributed by atoms with van der Waals surface area (Å²) in [6, 6.07) is 3.35. The molecule has 23 heavy (non-hydrogen) atoms. The summed E-state index contributed by atoms with van der Waals surface area (Å²) < 4.78 is 9.70. The second-order valence-corrected chi connectivity index (χ2v) is 5.24. The van der Waals surface area contributed by atoms with Gasteiger partial charge in [0.1, 0.15) is 6.04 Å². The smallest absolute Gasteiger partial charge is 0.328 e. The van der Waals surface area contributed by atoms with Gasteiger partial charge in [-0.1, -0.05) is 6.07 Å². The monoisotopic (exact) mass is 322 g/mol. The lowest BCUT2D eigenvalue weighted by molar-refractivity contribution is -0.385. The van der Waals surface area contributed by atoms with Crippen molar-refractivity contribution in [3.8, 4) is 5.75 Å². The fourth-order valence-corrected chi connectivity index (χ4v) is 2.83. The van der Waals surface area contributed by atoms with Crippen molar-refractivity contribution in [1.82, 2.24) is 4.90 Å². The maximum Gasteiger partial charge on any atom is 0.328 e. The highest BCUT2D eigenvalue weighted by molar-refractivity contribution is 5.88. The lowest BCUT2D eigenvalue weighted by Gasteiger charge is -2.29. The van der Waals surface area contributed by atoms with Gasteiger partial charge in [-0.05, 0) is 25.0 Å². The van der Waals surface area contributed by atoms with Gasteiger partial charge in [0.2, 0.25) is 5.91 Å². The Bertz CT molecular complexity index is 645. The SMILES string of the molecule is COC(=O)C1CCC(=O)N1C(C)c1ccc(OC)c([N+](=O)[O-])c1. The summed E-state index contributed by atoms with van der Waals surface area (Å²) in [6.07, 6.45) is 0.635. The molecule has 124 valence electrons. The van der Waals surface area contributed by atoms with E-state index in [1.165, 1.54) is 31.3 Å². The number of hydrogen-bond donors (Lipinski definition) is 0. The van der Waals surface area contributed by atoms with Crippen molar-refractivity contribution in [2.45, 2.75) is 31.8 Å². The molecule has 0 bridgehead atoms. The van der Waals surface area contributed by atoms with Crippen LogP contribution in [0, 0.1) is 10.1 Å². The van der Waals surface area contributed by atoms with Crippen LogP contribution in [0.15, 0.2) is 18.2 Å². The molecule has 0 aliphatic carbocycles. The fourth-order valence-electron chi connectivity index (χ4n) is 2.83. The minimum atomic E-state index is -0.663. The highest BCUT2D eigenvalue weighted by atomic mass is 16.6. The van der Waals surface area contributed by atoms with E-state index in [0.717, 1.165) is 0 Å². The molecule has 8 heteroatoms. The van der Waals surface area contributed by atoms with Crippen molar-refractivity contribution in [2.75, 3.05) is 14.2 Å². The molecule has 1 saturated heterocycles. The number of hydrogen-bond acceptors (Lipinski definition) is 6. The van der Waals surface area contributed by atoms with Crippen molar-refractivity contribution >= 4 is 17.6 Å². The van der Waals surface area contributed by atoms with E-state index >= 15 is 0 Å². The predicted octanol–water partition coefficient (Wildman–Crippen LogP) is 1.83. The van der Waals surface area contributed by atoms with Gasteiger partial charge < -0.3 is 14.4 Å². The van der Waals surface area contributed by atoms with Crippen molar-refractivity contribution < 1.29 is 24.0 Å². The maximum atomic E-state index is 12.1. The normalized spacial score (nSPS) is 18.7. The van der Waals surface area contributed by atoms with Crippen LogP contribution in [0.5, 0.6) is 5.75 Å². The standard InChI is InChI=1S/C15H18N2O6/c1-9(16-11(15(19)23-3)5-7-14(16)18)10-4-6-13(22-2)12(8-10)17(20)21/h4,6,8-9,11H,5,7H2,1-3H3. The Kier molecular flexibility index (Phi) is 4.83. The van der Waals surface area contributed by atoms with E-state index in [9.17, 15) is 19.7 Å². The van der Waals surface area contributed by atoms with Crippen LogP contribution in [0.1, 0.15) is 31.4 Å². The predicted molar refractivity (Wildman–Crippen MR) is 79.9 cm³/mol. The molecule has 2 rings (SSSR count). The molecule has 1 aromatic carbocycles. The maximum absolute atomic E-state index is 12.1. The number of ether oxygens (including phenoxy) is 2. The van der Waals surface area contributed by atoms with Crippen LogP contribution in [0.2, 0.25) is 0 Å². The molecule has 1 aliphatic heterocycles. The quantitative estimate of drug-likeness (QED) is 0.466. The van der Waals surface area contributed by atoms with E-state index in [-0.39, 0.29) is 23.8 Å². The Balaban J connectivity index is 2.37. The summed E-state index contributed by atoms with van der Waals surface area (Å²) in [5.74, 6) is -0.514. The number of nitro groups is 1. The number of rotatable bonds is 5. The van der Waals surface area contributed by atoms with Crippen molar-refractivity contribution in [2.24, 2.45) is 0 Å². The topological polar surface area (TPSA) is 99.0 Å². The third-order valence-electron chi connectivity index (χ3n) is 4.03. The number of likely N-dealkylation sites (tertiary alicyclic amines) is 1. The molecule has 0 N–H and O–H groups in total. The number of benzene rings is 1. The van der Waals surface area contributed by atoms with Crippen molar-refractivity contribution in [3.63, 3.8) is 0 Å². The molecule has 2 unspecified atom stereocenters. The summed E-state index contributed by atoms with van der Waals surface area (Å²) in [5, 5.41) is 11.1. The molecule has 0 saturated carbocycles. The highest BCUT2D eigenvalue weighted by Gasteiger charge is 2.40. The third kappa shape index (κ3) is 3.10. The number of carbonyl (C=O) groups is 2. The van der Waals surface area contributed by atoms with Crippen LogP contribution >= 0.6 is 0 Å². The summed E-state index contributed by atoms with van der Waals surface area (Å²) in [7, 11) is 2.62. The third-order valence-corrected chi connectivity index (χ3v) is 4.03. The van der Waals surface area contributed by atoms with E-state index in [1.54, 1.807) is 13.0 Å². The zero-order valence-corrected chi connectivity index (χ0v) is 13.1. The first-order chi connectivity index (χ1) is 10.9. The van der Waals surface area contributed by atoms with Crippen LogP contribution in [0.3, 0.4) is 0 Å². The lowest BCUT2D eigenvalue weighted by atomic mass is 10.0. The number of amides is 1. The van der Waals surface area contributed by atoms with Crippen LogP contribution in [0.25, 0.3) is 0 Å². The van der Waals surface area contributed by atoms with Crippen LogP contribution in [-0.2, 0) is 14.3 Å². The number of esters is 1. The van der Waals surface area contributed by atoms with E-state index in [0.29, 0.717) is 12.0 Å². The summed E-state index contributed by atoms with van der Waals surface area (Å²) in [4.78, 5) is 36.0. The first kappa shape index (κ1) is 16.7. The van der Waals surface area contributed by atoms with Gasteiger partial charge in [0.15, 0.2) is 5.75 Å². The molecular weight excluding hydrogens is 304 g/mol. The van der Waals surface area contributed by atoms with Gasteiger partial charge in [-0.25, -0.2) is 4.79 Å². The molecule has 1 aromatic rings. The molecular formula is C15H18N2O6. The zero-order valence-electron chi connectivity index (χ0n) is 13.1. The Morgan fingerprint density at radius 3 is 2.70 bits per heavy atom. The van der Waals surface area contributed by atoms with Gasteiger partial charge in [0.25, 0.3) is 0 Å². The van der Waals surface area contributed by atoms with Crippen LogP contribution in [-0.4, -0.2) is 42.0 Å². The molecule has 8 nitrogen and oxygen atoms in total. The van der Waals surface area contributed by atoms with Gasteiger partial charge in [-0.2, -0.15) is 0 Å². The van der Waals surface area contributed by atoms with Crippen LogP contribution < -0.4 is 4.74 Å². The summed E-state index contributed by atoms with van der Waals surface area (Å²) >= 11 is 0. The number of methoxy groups -OCH3 is 2. The molecule has 2 atom stereocenters. The minimum absolute atomic E-state index is 0.142. The number of nitro benzene ring substituents is 1. The lowest BCUT2D eigenvalue weighted by Crippen LogP contribution is -2.40. The van der Waals surface area contributed by atoms with Gasteiger partial charge in [0.05, 0.1) is 25.2 Å². The van der Waals surface area contributed by atoms with Gasteiger partial charge in [0, 0.05) is 12.5 Å². The van der Waals surface area contributed by atoms with E-state index in [1.807, 2.05) is 0 Å². The second kappa shape index (κ2) is 6.64. The molecule has 1 fully saturated rings. The van der Waals surface area contributed by atoms with Crippen molar-refractivity contribution in [3.05, 3.63) is 33.9 Å². The molecule has 1 heterocycles. The molecule has 0 spiro atoms. The highest BCUT2D eigenvalue weighted by Crippen LogP contribution is 2.35. The van der Waals surface area contributed by atoms with E-state index < -0.39 is 23.0 Å². The van der Waals surface area contributed by atoms with E-state index in [2.05, 4.69) is 0 Å². The molecule has 1 amide bonds.